The smallest absolute Gasteiger partial charge is 0.239 e. The Morgan fingerprint density at radius 2 is 1.55 bits per heavy atom. The average molecular weight is 595 g/mol. The number of methoxy groups -OCH3 is 1. The zero-order valence-corrected chi connectivity index (χ0v) is 22.2. The lowest BCUT2D eigenvalue weighted by Crippen LogP contribution is -2.58. The van der Waals surface area contributed by atoms with Gasteiger partial charge < -0.3 is 69.0 Å². The molecule has 0 radical (unpaired) electrons. The Morgan fingerprint density at radius 1 is 0.833 bits per heavy atom. The number of aromatic hydroxyl groups is 2. The molecule has 2 aliphatic rings. The van der Waals surface area contributed by atoms with E-state index in [0.717, 1.165) is 6.07 Å². The van der Waals surface area contributed by atoms with Crippen molar-refractivity contribution in [2.75, 3.05) is 13.7 Å². The van der Waals surface area contributed by atoms with E-state index in [2.05, 4.69) is 0 Å². The molecule has 0 bridgehead atoms. The number of aliphatic hydroxyl groups excluding tert-OH is 6. The molecule has 15 heteroatoms. The zero-order valence-electron chi connectivity index (χ0n) is 22.2. The van der Waals surface area contributed by atoms with E-state index in [-0.39, 0.29) is 39.5 Å². The summed E-state index contributed by atoms with van der Waals surface area (Å²) in [5.41, 5.74) is -1.02. The normalized spacial score (nSPS) is 31.6. The third kappa shape index (κ3) is 5.32. The molecule has 0 saturated carbocycles. The van der Waals surface area contributed by atoms with Gasteiger partial charge in [-0.3, -0.25) is 4.79 Å². The molecule has 5 rings (SSSR count). The summed E-state index contributed by atoms with van der Waals surface area (Å²) in [5, 5.41) is 81.1. The molecule has 0 amide bonds. The van der Waals surface area contributed by atoms with Crippen molar-refractivity contribution in [2.45, 2.75) is 62.2 Å². The summed E-state index contributed by atoms with van der Waals surface area (Å²) in [6.07, 6.45) is -13.4. The second-order valence-corrected chi connectivity index (χ2v) is 9.96. The van der Waals surface area contributed by atoms with Crippen molar-refractivity contribution in [3.8, 4) is 40.1 Å². The summed E-state index contributed by atoms with van der Waals surface area (Å²) < 4.78 is 33.1. The quantitative estimate of drug-likeness (QED) is 0.169. The maximum absolute atomic E-state index is 13.7. The average Bonchev–Trinajstić information content (AvgIpc) is 2.96. The molecule has 228 valence electrons. The first-order valence-electron chi connectivity index (χ1n) is 12.8. The summed E-state index contributed by atoms with van der Waals surface area (Å²) in [6.45, 7) is 1.04. The molecule has 2 aromatic carbocycles. The maximum atomic E-state index is 13.7. The first-order valence-corrected chi connectivity index (χ1v) is 12.8. The number of phenolic OH excluding ortho intramolecular Hbond substituents is 2. The lowest BCUT2D eigenvalue weighted by Gasteiger charge is -2.38. The van der Waals surface area contributed by atoms with Crippen LogP contribution in [0.1, 0.15) is 6.92 Å². The standard InChI is InChI=1S/C27H30O15/c1-9-18(31)21(34)23(36)27(39-9)40-11-6-13(29)17-16(7-11)41-24(10-3-4-12(28)15(5-10)37-2)25(20(17)33)42-26-22(35)19(32)14(30)8-38-26/h3-7,9,14,18-19,21-23,26-32,34-36H,8H2,1-2H3/t9-,14-,18+,19-,21+,22-,23-,26-,27+/m1/s1. The second kappa shape index (κ2) is 11.5. The van der Waals surface area contributed by atoms with Crippen LogP contribution in [0.15, 0.2) is 39.5 Å². The van der Waals surface area contributed by atoms with Crippen LogP contribution in [0.25, 0.3) is 22.3 Å². The molecule has 0 unspecified atom stereocenters. The predicted octanol–water partition coefficient (Wildman–Crippen LogP) is -1.10. The molecule has 42 heavy (non-hydrogen) atoms. The van der Waals surface area contributed by atoms with E-state index >= 15 is 0 Å². The van der Waals surface area contributed by atoms with E-state index < -0.39 is 78.8 Å². The molecule has 3 heterocycles. The largest absolute Gasteiger partial charge is 0.507 e. The number of ether oxygens (including phenoxy) is 5. The van der Waals surface area contributed by atoms with Crippen molar-refractivity contribution in [2.24, 2.45) is 0 Å². The second-order valence-electron chi connectivity index (χ2n) is 9.96. The number of hydrogen-bond acceptors (Lipinski definition) is 15. The Morgan fingerprint density at radius 3 is 2.26 bits per heavy atom. The minimum atomic E-state index is -1.77. The first-order chi connectivity index (χ1) is 19.9. The molecule has 15 nitrogen and oxygen atoms in total. The van der Waals surface area contributed by atoms with Crippen LogP contribution in [0.3, 0.4) is 0 Å². The van der Waals surface area contributed by atoms with Crippen LogP contribution in [0.4, 0.5) is 0 Å². The fourth-order valence-corrected chi connectivity index (χ4v) is 4.69. The topological polar surface area (TPSA) is 238 Å². The van der Waals surface area contributed by atoms with Gasteiger partial charge in [0.15, 0.2) is 17.3 Å². The third-order valence-electron chi connectivity index (χ3n) is 7.10. The fraction of sp³-hybridized carbons (Fsp3) is 0.444. The van der Waals surface area contributed by atoms with Crippen LogP contribution in [-0.2, 0) is 9.47 Å². The van der Waals surface area contributed by atoms with Crippen LogP contribution in [0.5, 0.6) is 28.7 Å². The number of rotatable bonds is 6. The van der Waals surface area contributed by atoms with Gasteiger partial charge in [-0.1, -0.05) is 0 Å². The molecule has 2 aliphatic heterocycles. The van der Waals surface area contributed by atoms with Gasteiger partial charge in [0.2, 0.25) is 23.8 Å². The SMILES string of the molecule is COc1cc(-c2oc3cc(O[C@@H]4O[C@H](C)[C@H](O)[C@H](O)[C@H]4O)cc(O)c3c(=O)c2O[C@H]2OC[C@@H](O)[C@@H](O)[C@H]2O)ccc1O. The molecule has 9 atom stereocenters. The van der Waals surface area contributed by atoms with Gasteiger partial charge >= 0.3 is 0 Å². The minimum Gasteiger partial charge on any atom is -0.507 e. The van der Waals surface area contributed by atoms with E-state index in [9.17, 15) is 45.6 Å². The number of hydrogen-bond donors (Lipinski definition) is 8. The van der Waals surface area contributed by atoms with E-state index in [4.69, 9.17) is 28.1 Å². The summed E-state index contributed by atoms with van der Waals surface area (Å²) in [6, 6.07) is 6.17. The van der Waals surface area contributed by atoms with Gasteiger partial charge in [-0.25, -0.2) is 0 Å². The number of fused-ring (bicyclic) bond motifs is 1. The predicted molar refractivity (Wildman–Crippen MR) is 139 cm³/mol. The third-order valence-corrected chi connectivity index (χ3v) is 7.10. The molecule has 2 saturated heterocycles. The van der Waals surface area contributed by atoms with E-state index in [1.54, 1.807) is 0 Å². The highest BCUT2D eigenvalue weighted by atomic mass is 16.7. The highest BCUT2D eigenvalue weighted by Crippen LogP contribution is 2.40. The van der Waals surface area contributed by atoms with Crippen molar-refractivity contribution in [1.29, 1.82) is 0 Å². The van der Waals surface area contributed by atoms with Crippen molar-refractivity contribution in [3.05, 3.63) is 40.6 Å². The van der Waals surface area contributed by atoms with Gasteiger partial charge in [0.1, 0.15) is 59.1 Å². The molecular weight excluding hydrogens is 564 g/mol. The van der Waals surface area contributed by atoms with Crippen LogP contribution in [0.2, 0.25) is 0 Å². The Hall–Kier alpha value is -3.67. The minimum absolute atomic E-state index is 0.00641. The Bertz CT molecular complexity index is 1510. The van der Waals surface area contributed by atoms with Gasteiger partial charge in [-0.2, -0.15) is 0 Å². The monoisotopic (exact) mass is 594 g/mol. The Balaban J connectivity index is 1.61. The van der Waals surface area contributed by atoms with E-state index in [1.807, 2.05) is 0 Å². The fourth-order valence-electron chi connectivity index (χ4n) is 4.69. The summed E-state index contributed by atoms with van der Waals surface area (Å²) in [4.78, 5) is 13.7. The summed E-state index contributed by atoms with van der Waals surface area (Å²) in [5.74, 6) is -1.82. The molecule has 2 fully saturated rings. The highest BCUT2D eigenvalue weighted by molar-refractivity contribution is 5.88. The first kappa shape index (κ1) is 29.8. The van der Waals surface area contributed by atoms with Gasteiger partial charge in [0, 0.05) is 17.7 Å². The van der Waals surface area contributed by atoms with Crippen molar-refractivity contribution in [3.63, 3.8) is 0 Å². The van der Waals surface area contributed by atoms with Crippen molar-refractivity contribution in [1.82, 2.24) is 0 Å². The Labute approximate surface area is 236 Å². The van der Waals surface area contributed by atoms with Crippen molar-refractivity contribution < 1.29 is 69.0 Å². The molecule has 8 N–H and O–H groups in total. The lowest BCUT2D eigenvalue weighted by atomic mass is 10.00. The summed E-state index contributed by atoms with van der Waals surface area (Å²) in [7, 11) is 1.30. The lowest BCUT2D eigenvalue weighted by molar-refractivity contribution is -0.268. The van der Waals surface area contributed by atoms with Crippen LogP contribution in [0, 0.1) is 0 Å². The van der Waals surface area contributed by atoms with Crippen LogP contribution >= 0.6 is 0 Å². The molecule has 0 spiro atoms. The maximum Gasteiger partial charge on any atom is 0.239 e. The highest BCUT2D eigenvalue weighted by Gasteiger charge is 2.43. The van der Waals surface area contributed by atoms with Gasteiger partial charge in [-0.05, 0) is 25.1 Å². The zero-order chi connectivity index (χ0) is 30.5. The Kier molecular flexibility index (Phi) is 8.19. The van der Waals surface area contributed by atoms with Gasteiger partial charge in [0.05, 0.1) is 19.8 Å². The number of benzene rings is 2. The summed E-state index contributed by atoms with van der Waals surface area (Å²) >= 11 is 0. The molecule has 1 aromatic heterocycles. The molecular formula is C27H30O15. The molecule has 0 aliphatic carbocycles. The van der Waals surface area contributed by atoms with Gasteiger partial charge in [-0.15, -0.1) is 0 Å². The van der Waals surface area contributed by atoms with Crippen LogP contribution < -0.4 is 19.6 Å². The van der Waals surface area contributed by atoms with E-state index in [1.165, 1.54) is 38.3 Å². The van der Waals surface area contributed by atoms with Crippen molar-refractivity contribution >= 4 is 11.0 Å². The number of phenols is 2. The number of aliphatic hydroxyl groups is 6. The van der Waals surface area contributed by atoms with Gasteiger partial charge in [0.25, 0.3) is 0 Å². The molecule has 3 aromatic rings. The van der Waals surface area contributed by atoms with E-state index in [0.29, 0.717) is 0 Å². The van der Waals surface area contributed by atoms with Crippen LogP contribution in [-0.4, -0.2) is 110 Å².